The zero-order valence-electron chi connectivity index (χ0n) is 15.5. The number of halogens is 4. The lowest BCUT2D eigenvalue weighted by Crippen LogP contribution is -2.29. The number of amides is 2. The largest absolute Gasteiger partial charge is 0.573 e. The Morgan fingerprint density at radius 1 is 1.03 bits per heavy atom. The van der Waals surface area contributed by atoms with Crippen molar-refractivity contribution in [3.8, 4) is 5.75 Å². The number of ether oxygens (including phenoxy) is 1. The number of benzene rings is 2. The molecule has 9 nitrogen and oxygen atoms in total. The average molecular weight is 487 g/mol. The van der Waals surface area contributed by atoms with Crippen LogP contribution in [0.25, 0.3) is 0 Å². The number of nitrogens with one attached hydrogen (secondary N) is 2. The predicted molar refractivity (Wildman–Crippen MR) is 105 cm³/mol. The third-order valence-corrected chi connectivity index (χ3v) is 6.04. The molecule has 1 aromatic heterocycles. The highest BCUT2D eigenvalue weighted by atomic mass is 35.5. The van der Waals surface area contributed by atoms with Crippen molar-refractivity contribution in [1.29, 1.82) is 0 Å². The molecule has 4 rings (SSSR count). The standard InChI is InChI=1S/C18H10ClF3N4O5S/c19-12-5-6-13(15-14(12)16(27)26(17(15)28)9-7-23-24-8-9)25-32(29,30)11-3-1-10(2-4-11)31-18(20,21)22/h1-8,25H,(H,23,24). The van der Waals surface area contributed by atoms with Crippen molar-refractivity contribution in [2.45, 2.75) is 11.3 Å². The number of alkyl halides is 3. The van der Waals surface area contributed by atoms with Crippen LogP contribution in [0, 0.1) is 0 Å². The number of imide groups is 1. The number of hydrogen-bond donors (Lipinski definition) is 2. The van der Waals surface area contributed by atoms with Crippen molar-refractivity contribution in [1.82, 2.24) is 10.2 Å². The van der Waals surface area contributed by atoms with Crippen molar-refractivity contribution in [2.75, 3.05) is 9.62 Å². The first-order valence-electron chi connectivity index (χ1n) is 8.56. The number of sulfonamides is 1. The zero-order valence-corrected chi connectivity index (χ0v) is 17.0. The van der Waals surface area contributed by atoms with Crippen LogP contribution in [-0.4, -0.2) is 36.8 Å². The lowest BCUT2D eigenvalue weighted by Gasteiger charge is -2.13. The van der Waals surface area contributed by atoms with E-state index in [9.17, 15) is 31.2 Å². The van der Waals surface area contributed by atoms with E-state index in [-0.39, 0.29) is 27.5 Å². The van der Waals surface area contributed by atoms with Crippen LogP contribution in [0.3, 0.4) is 0 Å². The van der Waals surface area contributed by atoms with Gasteiger partial charge in [-0.2, -0.15) is 5.10 Å². The molecule has 0 atom stereocenters. The Hall–Kier alpha value is -3.58. The van der Waals surface area contributed by atoms with E-state index >= 15 is 0 Å². The van der Waals surface area contributed by atoms with E-state index in [1.807, 2.05) is 0 Å². The second-order valence-electron chi connectivity index (χ2n) is 6.37. The first-order valence-corrected chi connectivity index (χ1v) is 10.4. The highest BCUT2D eigenvalue weighted by molar-refractivity contribution is 7.92. The predicted octanol–water partition coefficient (Wildman–Crippen LogP) is 3.56. The van der Waals surface area contributed by atoms with Gasteiger partial charge in [0.25, 0.3) is 21.8 Å². The maximum absolute atomic E-state index is 12.9. The molecule has 0 unspecified atom stereocenters. The van der Waals surface area contributed by atoms with Crippen molar-refractivity contribution in [2.24, 2.45) is 0 Å². The molecule has 14 heteroatoms. The number of H-pyrrole nitrogens is 1. The van der Waals surface area contributed by atoms with Gasteiger partial charge in [0.05, 0.1) is 38.6 Å². The van der Waals surface area contributed by atoms with E-state index in [0.29, 0.717) is 0 Å². The molecule has 1 aliphatic rings. The second-order valence-corrected chi connectivity index (χ2v) is 8.46. The summed E-state index contributed by atoms with van der Waals surface area (Å²) in [6, 6.07) is 5.87. The Balaban J connectivity index is 1.68. The fourth-order valence-corrected chi connectivity index (χ4v) is 4.34. The number of aromatic nitrogens is 2. The maximum atomic E-state index is 12.9. The number of carbonyl (C=O) groups excluding carboxylic acids is 2. The average Bonchev–Trinajstić information content (AvgIpc) is 3.30. The van der Waals surface area contributed by atoms with Crippen LogP contribution < -0.4 is 14.4 Å². The quantitative estimate of drug-likeness (QED) is 0.532. The number of nitrogens with zero attached hydrogens (tertiary/aromatic N) is 2. The van der Waals surface area contributed by atoms with E-state index in [2.05, 4.69) is 19.7 Å². The van der Waals surface area contributed by atoms with Gasteiger partial charge in [-0.05, 0) is 36.4 Å². The van der Waals surface area contributed by atoms with Crippen molar-refractivity contribution < 1.29 is 35.9 Å². The van der Waals surface area contributed by atoms with Gasteiger partial charge in [-0.3, -0.25) is 19.4 Å². The number of aromatic amines is 1. The minimum atomic E-state index is -4.93. The van der Waals surface area contributed by atoms with E-state index in [4.69, 9.17) is 11.6 Å². The lowest BCUT2D eigenvalue weighted by atomic mass is 10.1. The smallest absolute Gasteiger partial charge is 0.406 e. The van der Waals surface area contributed by atoms with Crippen LogP contribution in [0.2, 0.25) is 5.02 Å². The molecule has 2 heterocycles. The lowest BCUT2D eigenvalue weighted by molar-refractivity contribution is -0.274. The minimum Gasteiger partial charge on any atom is -0.406 e. The number of rotatable bonds is 5. The van der Waals surface area contributed by atoms with Gasteiger partial charge in [0, 0.05) is 6.20 Å². The highest BCUT2D eigenvalue weighted by Gasteiger charge is 2.41. The first-order chi connectivity index (χ1) is 15.0. The minimum absolute atomic E-state index is 0.0686. The maximum Gasteiger partial charge on any atom is 0.573 e. The summed E-state index contributed by atoms with van der Waals surface area (Å²) < 4.78 is 68.3. The molecule has 1 aliphatic heterocycles. The third kappa shape index (κ3) is 3.87. The molecule has 32 heavy (non-hydrogen) atoms. The number of carbonyl (C=O) groups is 2. The molecule has 0 saturated heterocycles. The fourth-order valence-electron chi connectivity index (χ4n) is 3.03. The summed E-state index contributed by atoms with van der Waals surface area (Å²) >= 11 is 6.08. The van der Waals surface area contributed by atoms with Gasteiger partial charge in [0.15, 0.2) is 0 Å². The van der Waals surface area contributed by atoms with E-state index in [1.165, 1.54) is 24.5 Å². The molecule has 0 spiro atoms. The highest BCUT2D eigenvalue weighted by Crippen LogP contribution is 2.37. The van der Waals surface area contributed by atoms with Gasteiger partial charge in [-0.1, -0.05) is 11.6 Å². The number of hydrogen-bond acceptors (Lipinski definition) is 6. The van der Waals surface area contributed by atoms with Crippen LogP contribution in [-0.2, 0) is 10.0 Å². The molecule has 0 fully saturated rings. The number of anilines is 2. The van der Waals surface area contributed by atoms with Crippen LogP contribution in [0.5, 0.6) is 5.75 Å². The SMILES string of the molecule is O=C1c2c(Cl)ccc(NS(=O)(=O)c3ccc(OC(F)(F)F)cc3)c2C(=O)N1c1cn[nH]c1. The monoisotopic (exact) mass is 486 g/mol. The van der Waals surface area contributed by atoms with Crippen molar-refractivity contribution in [3.63, 3.8) is 0 Å². The summed E-state index contributed by atoms with van der Waals surface area (Å²) in [6.07, 6.45) is -2.41. The van der Waals surface area contributed by atoms with Gasteiger partial charge in [-0.15, -0.1) is 13.2 Å². The van der Waals surface area contributed by atoms with Gasteiger partial charge >= 0.3 is 6.36 Å². The first kappa shape index (κ1) is 21.6. The van der Waals surface area contributed by atoms with Gasteiger partial charge in [0.1, 0.15) is 5.75 Å². The van der Waals surface area contributed by atoms with E-state index < -0.39 is 38.8 Å². The summed E-state index contributed by atoms with van der Waals surface area (Å²) in [4.78, 5) is 26.1. The Kier molecular flexibility index (Phi) is 5.09. The van der Waals surface area contributed by atoms with Crippen molar-refractivity contribution in [3.05, 3.63) is 64.9 Å². The fraction of sp³-hybridized carbons (Fsp3) is 0.0556. The third-order valence-electron chi connectivity index (χ3n) is 4.34. The molecular formula is C18H10ClF3N4O5S. The molecule has 2 aromatic carbocycles. The molecule has 0 aliphatic carbocycles. The topological polar surface area (TPSA) is 121 Å². The summed E-state index contributed by atoms with van der Waals surface area (Å²) in [6.45, 7) is 0. The molecule has 0 saturated carbocycles. The summed E-state index contributed by atoms with van der Waals surface area (Å²) in [7, 11) is -4.35. The van der Waals surface area contributed by atoms with Gasteiger partial charge < -0.3 is 4.74 Å². The van der Waals surface area contributed by atoms with Gasteiger partial charge in [-0.25, -0.2) is 13.3 Å². The summed E-state index contributed by atoms with van der Waals surface area (Å²) in [5, 5.41) is 6.07. The Labute approximate surface area is 182 Å². The normalized spacial score (nSPS) is 13.9. The molecule has 166 valence electrons. The van der Waals surface area contributed by atoms with Crippen LogP contribution in [0.1, 0.15) is 20.7 Å². The molecule has 2 amide bonds. The Morgan fingerprint density at radius 2 is 1.69 bits per heavy atom. The summed E-state index contributed by atoms with van der Waals surface area (Å²) in [5.41, 5.74) is -0.581. The Bertz CT molecular complexity index is 1330. The van der Waals surface area contributed by atoms with Crippen LogP contribution in [0.15, 0.2) is 53.7 Å². The molecule has 0 bridgehead atoms. The second kappa shape index (κ2) is 7.53. The molecule has 2 N–H and O–H groups in total. The van der Waals surface area contributed by atoms with Crippen molar-refractivity contribution >= 4 is 44.8 Å². The molecular weight excluding hydrogens is 477 g/mol. The van der Waals surface area contributed by atoms with Crippen LogP contribution >= 0.6 is 11.6 Å². The number of fused-ring (bicyclic) bond motifs is 1. The van der Waals surface area contributed by atoms with Gasteiger partial charge in [0.2, 0.25) is 0 Å². The van der Waals surface area contributed by atoms with Crippen LogP contribution in [0.4, 0.5) is 24.5 Å². The zero-order chi connectivity index (χ0) is 23.3. The molecule has 3 aromatic rings. The molecule has 0 radical (unpaired) electrons. The summed E-state index contributed by atoms with van der Waals surface area (Å²) in [5.74, 6) is -2.22. The van der Waals surface area contributed by atoms with E-state index in [0.717, 1.165) is 29.2 Å². The van der Waals surface area contributed by atoms with E-state index in [1.54, 1.807) is 0 Å². The Morgan fingerprint density at radius 3 is 2.28 bits per heavy atom.